The minimum atomic E-state index is -0.187. The normalized spacial score (nSPS) is 11.8. The standard InChI is InChI=1S/C18H25N3O3/c1-12(17-13(2)21-24-14(17)3)20-18(22)19-10-6-8-15-7-5-9-16(11-15)23-4/h5,7,9,11-12H,6,8,10H2,1-4H3,(H2,19,20,22)/t12-/m0/s1. The monoisotopic (exact) mass is 331 g/mol. The van der Waals surface area contributed by atoms with Crippen molar-refractivity contribution in [3.8, 4) is 5.75 Å². The van der Waals surface area contributed by atoms with Gasteiger partial charge in [0.1, 0.15) is 11.5 Å². The predicted molar refractivity (Wildman–Crippen MR) is 92.2 cm³/mol. The summed E-state index contributed by atoms with van der Waals surface area (Å²) in [4.78, 5) is 12.0. The summed E-state index contributed by atoms with van der Waals surface area (Å²) in [5, 5.41) is 9.70. The summed E-state index contributed by atoms with van der Waals surface area (Å²) in [6.07, 6.45) is 1.75. The SMILES string of the molecule is COc1cccc(CCCNC(=O)N[C@@H](C)c2c(C)noc2C)c1. The lowest BCUT2D eigenvalue weighted by Gasteiger charge is -2.14. The molecule has 2 rings (SSSR count). The highest BCUT2D eigenvalue weighted by atomic mass is 16.5. The zero-order chi connectivity index (χ0) is 17.5. The molecule has 0 unspecified atom stereocenters. The van der Waals surface area contributed by atoms with Gasteiger partial charge in [0.2, 0.25) is 0 Å². The van der Waals surface area contributed by atoms with Crippen molar-refractivity contribution in [3.63, 3.8) is 0 Å². The molecule has 6 heteroatoms. The highest BCUT2D eigenvalue weighted by Crippen LogP contribution is 2.20. The Hall–Kier alpha value is -2.50. The molecule has 24 heavy (non-hydrogen) atoms. The van der Waals surface area contributed by atoms with Crippen LogP contribution < -0.4 is 15.4 Å². The molecule has 0 radical (unpaired) electrons. The Morgan fingerprint density at radius 2 is 2.17 bits per heavy atom. The molecule has 0 saturated heterocycles. The number of nitrogens with one attached hydrogen (secondary N) is 2. The number of carbonyl (C=O) groups excluding carboxylic acids is 1. The predicted octanol–water partition coefficient (Wildman–Crippen LogP) is 3.29. The largest absolute Gasteiger partial charge is 0.497 e. The second kappa shape index (κ2) is 8.38. The zero-order valence-electron chi connectivity index (χ0n) is 14.7. The Morgan fingerprint density at radius 3 is 2.83 bits per heavy atom. The molecule has 0 fully saturated rings. The summed E-state index contributed by atoms with van der Waals surface area (Å²) >= 11 is 0. The molecule has 1 atom stereocenters. The average Bonchev–Trinajstić information content (AvgIpc) is 2.90. The number of carbonyl (C=O) groups is 1. The Balaban J connectivity index is 1.73. The molecule has 2 amide bonds. The van der Waals surface area contributed by atoms with Crippen LogP contribution >= 0.6 is 0 Å². The van der Waals surface area contributed by atoms with Crippen molar-refractivity contribution in [1.82, 2.24) is 15.8 Å². The molecule has 0 aliphatic carbocycles. The van der Waals surface area contributed by atoms with E-state index >= 15 is 0 Å². The van der Waals surface area contributed by atoms with Crippen LogP contribution in [0.1, 0.15) is 42.0 Å². The van der Waals surface area contributed by atoms with Crippen LogP contribution in [-0.4, -0.2) is 24.8 Å². The van der Waals surface area contributed by atoms with Crippen LogP contribution in [0.4, 0.5) is 4.79 Å². The topological polar surface area (TPSA) is 76.4 Å². The summed E-state index contributed by atoms with van der Waals surface area (Å²) in [6.45, 7) is 6.25. The second-order valence-electron chi connectivity index (χ2n) is 5.81. The number of hydrogen-bond donors (Lipinski definition) is 2. The quantitative estimate of drug-likeness (QED) is 0.763. The number of methoxy groups -OCH3 is 1. The highest BCUT2D eigenvalue weighted by molar-refractivity contribution is 5.74. The molecule has 2 aromatic rings. The molecule has 1 aromatic carbocycles. The van der Waals surface area contributed by atoms with Crippen molar-refractivity contribution in [3.05, 3.63) is 46.8 Å². The lowest BCUT2D eigenvalue weighted by Crippen LogP contribution is -2.37. The molecular weight excluding hydrogens is 306 g/mol. The molecule has 2 N–H and O–H groups in total. The number of rotatable bonds is 7. The van der Waals surface area contributed by atoms with Gasteiger partial charge in [0, 0.05) is 12.1 Å². The van der Waals surface area contributed by atoms with Gasteiger partial charge < -0.3 is 19.9 Å². The number of urea groups is 1. The number of aryl methyl sites for hydroxylation is 3. The van der Waals surface area contributed by atoms with Crippen LogP contribution in [0.2, 0.25) is 0 Å². The lowest BCUT2D eigenvalue weighted by molar-refractivity contribution is 0.237. The van der Waals surface area contributed by atoms with Gasteiger partial charge in [-0.05, 0) is 51.3 Å². The van der Waals surface area contributed by atoms with E-state index < -0.39 is 0 Å². The number of amides is 2. The van der Waals surface area contributed by atoms with E-state index in [4.69, 9.17) is 9.26 Å². The van der Waals surface area contributed by atoms with Gasteiger partial charge in [0.15, 0.2) is 0 Å². The van der Waals surface area contributed by atoms with Gasteiger partial charge in [0.05, 0.1) is 18.8 Å². The fourth-order valence-corrected chi connectivity index (χ4v) is 2.75. The van der Waals surface area contributed by atoms with E-state index in [-0.39, 0.29) is 12.1 Å². The number of benzene rings is 1. The molecule has 0 saturated carbocycles. The van der Waals surface area contributed by atoms with Crippen molar-refractivity contribution in [2.45, 2.75) is 39.7 Å². The molecule has 1 heterocycles. The van der Waals surface area contributed by atoms with E-state index in [0.717, 1.165) is 35.6 Å². The number of hydrogen-bond acceptors (Lipinski definition) is 4. The Labute approximate surface area is 142 Å². The molecular formula is C18H25N3O3. The van der Waals surface area contributed by atoms with Gasteiger partial charge >= 0.3 is 6.03 Å². The Kier molecular flexibility index (Phi) is 6.23. The lowest BCUT2D eigenvalue weighted by atomic mass is 10.1. The molecule has 0 aliphatic heterocycles. The van der Waals surface area contributed by atoms with Crippen LogP contribution in [0.5, 0.6) is 5.75 Å². The van der Waals surface area contributed by atoms with E-state index in [1.807, 2.05) is 39.0 Å². The van der Waals surface area contributed by atoms with Crippen molar-refractivity contribution in [2.24, 2.45) is 0 Å². The molecule has 0 bridgehead atoms. The van der Waals surface area contributed by atoms with Crippen LogP contribution in [-0.2, 0) is 6.42 Å². The molecule has 130 valence electrons. The summed E-state index contributed by atoms with van der Waals surface area (Å²) in [5.41, 5.74) is 2.93. The number of aromatic nitrogens is 1. The maximum absolute atomic E-state index is 12.0. The van der Waals surface area contributed by atoms with Crippen LogP contribution in [0.15, 0.2) is 28.8 Å². The minimum absolute atomic E-state index is 0.144. The fourth-order valence-electron chi connectivity index (χ4n) is 2.75. The van der Waals surface area contributed by atoms with Crippen LogP contribution in [0.3, 0.4) is 0 Å². The first kappa shape index (κ1) is 17.8. The van der Waals surface area contributed by atoms with Gasteiger partial charge in [-0.25, -0.2) is 4.79 Å². The van der Waals surface area contributed by atoms with Crippen molar-refractivity contribution in [2.75, 3.05) is 13.7 Å². The van der Waals surface area contributed by atoms with E-state index in [0.29, 0.717) is 6.54 Å². The number of nitrogens with zero attached hydrogens (tertiary/aromatic N) is 1. The third-order valence-corrected chi connectivity index (χ3v) is 3.93. The van der Waals surface area contributed by atoms with E-state index in [9.17, 15) is 4.79 Å². The third-order valence-electron chi connectivity index (χ3n) is 3.93. The minimum Gasteiger partial charge on any atom is -0.497 e. The van der Waals surface area contributed by atoms with E-state index in [1.54, 1.807) is 7.11 Å². The van der Waals surface area contributed by atoms with Gasteiger partial charge in [-0.3, -0.25) is 0 Å². The first-order valence-corrected chi connectivity index (χ1v) is 8.11. The first-order chi connectivity index (χ1) is 11.5. The fraction of sp³-hybridized carbons (Fsp3) is 0.444. The van der Waals surface area contributed by atoms with Gasteiger partial charge in [-0.15, -0.1) is 0 Å². The molecule has 0 spiro atoms. The van der Waals surface area contributed by atoms with Gasteiger partial charge in [-0.2, -0.15) is 0 Å². The number of ether oxygens (including phenoxy) is 1. The van der Waals surface area contributed by atoms with Crippen molar-refractivity contribution >= 4 is 6.03 Å². The van der Waals surface area contributed by atoms with E-state index in [1.165, 1.54) is 5.56 Å². The van der Waals surface area contributed by atoms with E-state index in [2.05, 4.69) is 21.9 Å². The summed E-state index contributed by atoms with van der Waals surface area (Å²) < 4.78 is 10.3. The molecule has 6 nitrogen and oxygen atoms in total. The Morgan fingerprint density at radius 1 is 1.38 bits per heavy atom. The van der Waals surface area contributed by atoms with Crippen molar-refractivity contribution < 1.29 is 14.1 Å². The third kappa shape index (κ3) is 4.75. The van der Waals surface area contributed by atoms with Gasteiger partial charge in [0.25, 0.3) is 0 Å². The maximum Gasteiger partial charge on any atom is 0.315 e. The Bertz CT molecular complexity index is 662. The molecule has 0 aliphatic rings. The van der Waals surface area contributed by atoms with Crippen LogP contribution in [0, 0.1) is 13.8 Å². The van der Waals surface area contributed by atoms with Crippen molar-refractivity contribution in [1.29, 1.82) is 0 Å². The average molecular weight is 331 g/mol. The maximum atomic E-state index is 12.0. The summed E-state index contributed by atoms with van der Waals surface area (Å²) in [6, 6.07) is 7.63. The smallest absolute Gasteiger partial charge is 0.315 e. The second-order valence-corrected chi connectivity index (χ2v) is 5.81. The highest BCUT2D eigenvalue weighted by Gasteiger charge is 2.17. The summed E-state index contributed by atoms with van der Waals surface area (Å²) in [5.74, 6) is 1.59. The van der Waals surface area contributed by atoms with Gasteiger partial charge in [-0.1, -0.05) is 17.3 Å². The molecule has 1 aromatic heterocycles. The van der Waals surface area contributed by atoms with Crippen LogP contribution in [0.25, 0.3) is 0 Å². The zero-order valence-corrected chi connectivity index (χ0v) is 14.7. The summed E-state index contributed by atoms with van der Waals surface area (Å²) in [7, 11) is 1.66. The first-order valence-electron chi connectivity index (χ1n) is 8.11.